The molecule has 0 aliphatic heterocycles. The molecule has 0 bridgehead atoms. The number of pyridine rings is 1. The van der Waals surface area contributed by atoms with Gasteiger partial charge in [0.2, 0.25) is 0 Å². The van der Waals surface area contributed by atoms with E-state index in [1.807, 2.05) is 0 Å². The van der Waals surface area contributed by atoms with Gasteiger partial charge >= 0.3 is 6.18 Å². The maximum absolute atomic E-state index is 13.7. The number of rotatable bonds is 6. The fourth-order valence-corrected chi connectivity index (χ4v) is 3.36. The van der Waals surface area contributed by atoms with Gasteiger partial charge in [-0.15, -0.1) is 5.10 Å². The van der Waals surface area contributed by atoms with Crippen molar-refractivity contribution in [2.24, 2.45) is 0 Å². The van der Waals surface area contributed by atoms with E-state index in [4.69, 9.17) is 5.11 Å². The first-order valence-corrected chi connectivity index (χ1v) is 9.84. The Morgan fingerprint density at radius 1 is 1.00 bits per heavy atom. The van der Waals surface area contributed by atoms with Crippen molar-refractivity contribution in [3.05, 3.63) is 77.6 Å². The van der Waals surface area contributed by atoms with Crippen LogP contribution in [0.1, 0.15) is 22.8 Å². The lowest BCUT2D eigenvalue weighted by Crippen LogP contribution is -2.12. The van der Waals surface area contributed by atoms with Crippen LogP contribution in [0.2, 0.25) is 0 Å². The van der Waals surface area contributed by atoms with Crippen LogP contribution in [-0.4, -0.2) is 32.0 Å². The highest BCUT2D eigenvalue weighted by atomic mass is 19.4. The maximum atomic E-state index is 13.7. The van der Waals surface area contributed by atoms with E-state index in [2.05, 4.69) is 20.5 Å². The van der Waals surface area contributed by atoms with E-state index >= 15 is 0 Å². The second-order valence-corrected chi connectivity index (χ2v) is 7.31. The van der Waals surface area contributed by atoms with Gasteiger partial charge in [-0.1, -0.05) is 18.2 Å². The number of alkyl halides is 4. The fourth-order valence-electron chi connectivity index (χ4n) is 3.36. The van der Waals surface area contributed by atoms with Gasteiger partial charge in [0.15, 0.2) is 5.82 Å². The van der Waals surface area contributed by atoms with Crippen molar-refractivity contribution in [2.45, 2.75) is 19.0 Å². The van der Waals surface area contributed by atoms with Gasteiger partial charge < -0.3 is 15.5 Å². The molecule has 0 unspecified atom stereocenters. The second kappa shape index (κ2) is 9.08. The van der Waals surface area contributed by atoms with Crippen LogP contribution < -0.4 is 5.32 Å². The molecule has 0 saturated carbocycles. The molecule has 6 nitrogen and oxygen atoms in total. The number of anilines is 2. The topological polar surface area (TPSA) is 91.2 Å². The highest BCUT2D eigenvalue weighted by Crippen LogP contribution is 2.38. The van der Waals surface area contributed by atoms with Crippen LogP contribution >= 0.6 is 0 Å². The summed E-state index contributed by atoms with van der Waals surface area (Å²) in [6.45, 7) is -1.30. The smallest absolute Gasteiger partial charge is 0.393 e. The summed E-state index contributed by atoms with van der Waals surface area (Å²) in [5.41, 5.74) is -0.0972. The Morgan fingerprint density at radius 3 is 2.42 bits per heavy atom. The molecule has 3 N–H and O–H groups in total. The van der Waals surface area contributed by atoms with Gasteiger partial charge in [-0.2, -0.15) is 18.3 Å². The van der Waals surface area contributed by atoms with Gasteiger partial charge in [0.1, 0.15) is 12.8 Å². The molecular formula is C23H18F4N4O2. The van der Waals surface area contributed by atoms with Crippen LogP contribution in [0.5, 0.6) is 0 Å². The van der Waals surface area contributed by atoms with E-state index in [1.165, 1.54) is 18.3 Å². The Labute approximate surface area is 185 Å². The fraction of sp³-hybridized carbons (Fsp3) is 0.174. The van der Waals surface area contributed by atoms with E-state index in [0.717, 1.165) is 12.3 Å². The average Bonchev–Trinajstić information content (AvgIpc) is 2.83. The minimum atomic E-state index is -4.72. The number of aliphatic hydroxyl groups is 2. The summed E-state index contributed by atoms with van der Waals surface area (Å²) < 4.78 is 53.9. The van der Waals surface area contributed by atoms with E-state index in [9.17, 15) is 22.7 Å². The number of halogens is 4. The predicted octanol–water partition coefficient (Wildman–Crippen LogP) is 4.95. The lowest BCUT2D eigenvalue weighted by molar-refractivity contribution is -0.137. The molecule has 0 aliphatic carbocycles. The van der Waals surface area contributed by atoms with Crippen LogP contribution in [0, 0.1) is 0 Å². The van der Waals surface area contributed by atoms with Crippen molar-refractivity contribution in [2.75, 3.05) is 11.9 Å². The van der Waals surface area contributed by atoms with Crippen molar-refractivity contribution in [1.82, 2.24) is 15.2 Å². The van der Waals surface area contributed by atoms with Crippen molar-refractivity contribution in [3.63, 3.8) is 0 Å². The molecule has 0 amide bonds. The molecule has 0 fully saturated rings. The molecule has 1 atom stereocenters. The molecular weight excluding hydrogens is 440 g/mol. The average molecular weight is 458 g/mol. The summed E-state index contributed by atoms with van der Waals surface area (Å²) in [6, 6.07) is 12.0. The molecule has 33 heavy (non-hydrogen) atoms. The van der Waals surface area contributed by atoms with Gasteiger partial charge in [0, 0.05) is 33.8 Å². The molecule has 170 valence electrons. The highest BCUT2D eigenvalue weighted by molar-refractivity contribution is 5.95. The van der Waals surface area contributed by atoms with E-state index in [1.54, 1.807) is 30.3 Å². The Morgan fingerprint density at radius 2 is 1.76 bits per heavy atom. The van der Waals surface area contributed by atoms with E-state index in [0.29, 0.717) is 27.8 Å². The molecule has 0 spiro atoms. The number of hydrogen-bond donors (Lipinski definition) is 3. The normalized spacial score (nSPS) is 12.7. The number of aliphatic hydroxyl groups excluding tert-OH is 2. The van der Waals surface area contributed by atoms with Gasteiger partial charge in [-0.25, -0.2) is 4.39 Å². The molecule has 0 radical (unpaired) electrons. The standard InChI is InChI=1S/C23H18F4N4O2/c24-9-13-1-4-17(5-2-13)30-22-18-6-3-14(7-15(18)11-29-31-22)21-19(23(25,26)27)8-16(10-28-21)20(33)12-32/h1-8,10-11,20,32-33H,9,12H2,(H,30,31)/t20-/m0/s1. The first-order valence-electron chi connectivity index (χ1n) is 9.84. The monoisotopic (exact) mass is 458 g/mol. The Bertz CT molecular complexity index is 1280. The lowest BCUT2D eigenvalue weighted by atomic mass is 10.00. The number of nitrogens with one attached hydrogen (secondary N) is 1. The van der Waals surface area contributed by atoms with E-state index in [-0.39, 0.29) is 16.8 Å². The zero-order chi connectivity index (χ0) is 23.6. The Balaban J connectivity index is 1.74. The zero-order valence-electron chi connectivity index (χ0n) is 17.0. The SMILES string of the molecule is OC[C@H](O)c1cnc(-c2ccc3c(Nc4ccc(CF)cc4)nncc3c2)c(C(F)(F)F)c1. The molecule has 4 aromatic rings. The van der Waals surface area contributed by atoms with Gasteiger partial charge in [0.05, 0.1) is 24.1 Å². The second-order valence-electron chi connectivity index (χ2n) is 7.31. The van der Waals surface area contributed by atoms with Crippen molar-refractivity contribution in [3.8, 4) is 11.3 Å². The summed E-state index contributed by atoms with van der Waals surface area (Å²) in [6.07, 6.45) is -3.66. The van der Waals surface area contributed by atoms with Crippen LogP contribution in [0.3, 0.4) is 0 Å². The number of aromatic nitrogens is 3. The predicted molar refractivity (Wildman–Crippen MR) is 114 cm³/mol. The maximum Gasteiger partial charge on any atom is 0.418 e. The Hall–Kier alpha value is -3.63. The van der Waals surface area contributed by atoms with Crippen LogP contribution in [0.25, 0.3) is 22.0 Å². The van der Waals surface area contributed by atoms with Crippen molar-refractivity contribution in [1.29, 1.82) is 0 Å². The summed E-state index contributed by atoms with van der Waals surface area (Å²) in [7, 11) is 0. The van der Waals surface area contributed by atoms with Gasteiger partial charge in [0.25, 0.3) is 0 Å². The molecule has 10 heteroatoms. The zero-order valence-corrected chi connectivity index (χ0v) is 17.0. The minimum absolute atomic E-state index is 0.134. The summed E-state index contributed by atoms with van der Waals surface area (Å²) >= 11 is 0. The quantitative estimate of drug-likeness (QED) is 0.354. The molecule has 2 aromatic carbocycles. The largest absolute Gasteiger partial charge is 0.418 e. The van der Waals surface area contributed by atoms with Crippen LogP contribution in [0.15, 0.2) is 60.9 Å². The van der Waals surface area contributed by atoms with Crippen molar-refractivity contribution >= 4 is 22.3 Å². The summed E-state index contributed by atoms with van der Waals surface area (Å²) in [5, 5.41) is 31.0. The number of nitrogens with zero attached hydrogens (tertiary/aromatic N) is 3. The third-order valence-electron chi connectivity index (χ3n) is 5.08. The van der Waals surface area contributed by atoms with Crippen LogP contribution in [0.4, 0.5) is 29.1 Å². The van der Waals surface area contributed by atoms with Gasteiger partial charge in [-0.3, -0.25) is 4.98 Å². The molecule has 2 heterocycles. The third kappa shape index (κ3) is 4.76. The number of hydrogen-bond acceptors (Lipinski definition) is 6. The number of fused-ring (bicyclic) bond motifs is 1. The first-order chi connectivity index (χ1) is 15.8. The first kappa shape index (κ1) is 22.6. The molecule has 4 rings (SSSR count). The van der Waals surface area contributed by atoms with Crippen LogP contribution in [-0.2, 0) is 12.9 Å². The summed E-state index contributed by atoms with van der Waals surface area (Å²) in [5.74, 6) is 0.387. The van der Waals surface area contributed by atoms with Gasteiger partial charge in [-0.05, 0) is 35.9 Å². The number of benzene rings is 2. The lowest BCUT2D eigenvalue weighted by Gasteiger charge is -2.16. The third-order valence-corrected chi connectivity index (χ3v) is 5.08. The van der Waals surface area contributed by atoms with Crippen molar-refractivity contribution < 1.29 is 27.8 Å². The Kier molecular flexibility index (Phi) is 6.21. The minimum Gasteiger partial charge on any atom is -0.393 e. The molecule has 2 aromatic heterocycles. The van der Waals surface area contributed by atoms with E-state index < -0.39 is 31.1 Å². The molecule has 0 saturated heterocycles. The highest BCUT2D eigenvalue weighted by Gasteiger charge is 2.35. The summed E-state index contributed by atoms with van der Waals surface area (Å²) in [4.78, 5) is 3.92. The molecule has 0 aliphatic rings.